The van der Waals surface area contributed by atoms with E-state index < -0.39 is 6.09 Å². The van der Waals surface area contributed by atoms with Gasteiger partial charge in [-0.25, -0.2) is 4.79 Å². The molecule has 0 aliphatic carbocycles. The predicted octanol–water partition coefficient (Wildman–Crippen LogP) is 4.57. The zero-order valence-corrected chi connectivity index (χ0v) is 14.8. The Bertz CT molecular complexity index is 517. The molecular weight excluding hydrogens is 304 g/mol. The zero-order chi connectivity index (χ0) is 17.8. The summed E-state index contributed by atoms with van der Waals surface area (Å²) in [4.78, 5) is 22.6. The second-order valence-corrected chi connectivity index (χ2v) is 6.07. The Hall–Kier alpha value is -2.04. The number of benzene rings is 1. The fourth-order valence-electron chi connectivity index (χ4n) is 2.66. The number of nitrogens with two attached hydrogens (primary N) is 1. The van der Waals surface area contributed by atoms with E-state index in [2.05, 4.69) is 25.2 Å². The Kier molecular flexibility index (Phi) is 9.58. The van der Waals surface area contributed by atoms with Crippen molar-refractivity contribution in [3.05, 3.63) is 29.8 Å². The van der Waals surface area contributed by atoms with Gasteiger partial charge in [-0.15, -0.1) is 0 Å². The molecule has 134 valence electrons. The second kappa shape index (κ2) is 11.5. The van der Waals surface area contributed by atoms with E-state index in [4.69, 9.17) is 10.5 Å². The molecule has 0 spiro atoms. The van der Waals surface area contributed by atoms with Crippen molar-refractivity contribution in [3.8, 4) is 0 Å². The molecule has 24 heavy (non-hydrogen) atoms. The predicted molar refractivity (Wildman–Crippen MR) is 97.0 cm³/mol. The van der Waals surface area contributed by atoms with Crippen LogP contribution < -0.4 is 11.1 Å². The molecule has 0 saturated heterocycles. The summed E-state index contributed by atoms with van der Waals surface area (Å²) >= 11 is 0. The number of nitrogens with one attached hydrogen (secondary N) is 1. The first-order valence-electron chi connectivity index (χ1n) is 8.88. The van der Waals surface area contributed by atoms with E-state index in [0.29, 0.717) is 13.0 Å². The van der Waals surface area contributed by atoms with E-state index in [0.717, 1.165) is 49.8 Å². The summed E-state index contributed by atoms with van der Waals surface area (Å²) in [5, 5.41) is 2.96. The van der Waals surface area contributed by atoms with Gasteiger partial charge in [-0.1, -0.05) is 45.2 Å². The number of anilines is 1. The van der Waals surface area contributed by atoms with Crippen LogP contribution in [0.15, 0.2) is 24.3 Å². The van der Waals surface area contributed by atoms with Gasteiger partial charge < -0.3 is 15.8 Å². The van der Waals surface area contributed by atoms with Crippen LogP contribution in [0.5, 0.6) is 0 Å². The van der Waals surface area contributed by atoms with Crippen LogP contribution in [-0.4, -0.2) is 18.6 Å². The van der Waals surface area contributed by atoms with Crippen LogP contribution in [0.2, 0.25) is 0 Å². The lowest BCUT2D eigenvalue weighted by molar-refractivity contribution is -0.116. The van der Waals surface area contributed by atoms with Crippen molar-refractivity contribution < 1.29 is 14.3 Å². The van der Waals surface area contributed by atoms with Crippen molar-refractivity contribution in [2.75, 3.05) is 11.9 Å². The Balaban J connectivity index is 2.72. The number of hydrogen-bond donors (Lipinski definition) is 2. The van der Waals surface area contributed by atoms with Crippen LogP contribution in [0.4, 0.5) is 10.5 Å². The van der Waals surface area contributed by atoms with E-state index >= 15 is 0 Å². The zero-order valence-electron chi connectivity index (χ0n) is 14.8. The fraction of sp³-hybridized carbons (Fsp3) is 0.579. The van der Waals surface area contributed by atoms with Gasteiger partial charge in [0.1, 0.15) is 0 Å². The molecule has 1 rings (SSSR count). The molecule has 1 aromatic carbocycles. The molecule has 3 N–H and O–H groups in total. The minimum Gasteiger partial charge on any atom is -0.450 e. The molecule has 0 saturated carbocycles. The van der Waals surface area contributed by atoms with Crippen LogP contribution in [0.25, 0.3) is 0 Å². The summed E-state index contributed by atoms with van der Waals surface area (Å²) in [7, 11) is 0. The lowest BCUT2D eigenvalue weighted by Crippen LogP contribution is -2.15. The van der Waals surface area contributed by atoms with E-state index in [-0.39, 0.29) is 11.8 Å². The molecule has 5 heteroatoms. The summed E-state index contributed by atoms with van der Waals surface area (Å²) in [6.45, 7) is 4.54. The van der Waals surface area contributed by atoms with Gasteiger partial charge >= 0.3 is 6.09 Å². The summed E-state index contributed by atoms with van der Waals surface area (Å²) < 4.78 is 4.88. The van der Waals surface area contributed by atoms with Crippen molar-refractivity contribution in [2.45, 2.75) is 64.7 Å². The largest absolute Gasteiger partial charge is 0.450 e. The molecule has 1 aromatic rings. The lowest BCUT2D eigenvalue weighted by atomic mass is 9.90. The quantitative estimate of drug-likeness (QED) is 0.621. The topological polar surface area (TPSA) is 81.4 Å². The standard InChI is InChI=1S/C19H30N2O3/c1-3-5-8-15(12-13-24-19(20)23)16-9-7-10-17(14-16)21-18(22)11-6-4-2/h7,9-10,14-15H,3-6,8,11-13H2,1-2H3,(H2,20,23)(H,21,22). The Morgan fingerprint density at radius 3 is 2.58 bits per heavy atom. The third-order valence-electron chi connectivity index (χ3n) is 4.02. The number of unbranched alkanes of at least 4 members (excludes halogenated alkanes) is 2. The van der Waals surface area contributed by atoms with Crippen LogP contribution in [-0.2, 0) is 9.53 Å². The van der Waals surface area contributed by atoms with E-state index in [1.807, 2.05) is 18.2 Å². The number of rotatable bonds is 11. The number of amides is 2. The number of carbonyl (C=O) groups excluding carboxylic acids is 2. The van der Waals surface area contributed by atoms with Gasteiger partial charge in [-0.2, -0.15) is 0 Å². The van der Waals surface area contributed by atoms with Crippen LogP contribution in [0, 0.1) is 0 Å². The van der Waals surface area contributed by atoms with Crippen molar-refractivity contribution in [1.82, 2.24) is 0 Å². The number of carbonyl (C=O) groups is 2. The number of primary amides is 1. The lowest BCUT2D eigenvalue weighted by Gasteiger charge is -2.18. The maximum atomic E-state index is 11.9. The molecule has 2 amide bonds. The van der Waals surface area contributed by atoms with Gasteiger partial charge in [-0.3, -0.25) is 4.79 Å². The van der Waals surface area contributed by atoms with Crippen molar-refractivity contribution in [2.24, 2.45) is 5.73 Å². The summed E-state index contributed by atoms with van der Waals surface area (Å²) in [6.07, 6.45) is 5.69. The molecule has 0 radical (unpaired) electrons. The van der Waals surface area contributed by atoms with Gasteiger partial charge in [0.2, 0.25) is 5.91 Å². The van der Waals surface area contributed by atoms with Gasteiger partial charge in [0.25, 0.3) is 0 Å². The highest BCUT2D eigenvalue weighted by atomic mass is 16.5. The second-order valence-electron chi connectivity index (χ2n) is 6.07. The highest BCUT2D eigenvalue weighted by molar-refractivity contribution is 5.90. The molecule has 0 aliphatic rings. The maximum Gasteiger partial charge on any atom is 0.404 e. The summed E-state index contributed by atoms with van der Waals surface area (Å²) in [6, 6.07) is 7.95. The maximum absolute atomic E-state index is 11.9. The first-order valence-corrected chi connectivity index (χ1v) is 8.88. The van der Waals surface area contributed by atoms with Crippen LogP contribution in [0.1, 0.15) is 70.3 Å². The van der Waals surface area contributed by atoms with Gasteiger partial charge in [0.15, 0.2) is 0 Å². The van der Waals surface area contributed by atoms with E-state index in [1.165, 1.54) is 0 Å². The SMILES string of the molecule is CCCCC(=O)Nc1cccc(C(CCCC)CCOC(N)=O)c1. The Labute approximate surface area is 145 Å². The van der Waals surface area contributed by atoms with Crippen LogP contribution in [0.3, 0.4) is 0 Å². The van der Waals surface area contributed by atoms with Crippen LogP contribution >= 0.6 is 0 Å². The highest BCUT2D eigenvalue weighted by Crippen LogP contribution is 2.28. The molecule has 1 atom stereocenters. The first kappa shape index (κ1) is 20.0. The van der Waals surface area contributed by atoms with E-state index in [1.54, 1.807) is 0 Å². The molecule has 0 aliphatic heterocycles. The Morgan fingerprint density at radius 1 is 1.17 bits per heavy atom. The minimum absolute atomic E-state index is 0.0520. The average molecular weight is 334 g/mol. The minimum atomic E-state index is -0.735. The number of ether oxygens (including phenoxy) is 1. The molecule has 1 unspecified atom stereocenters. The summed E-state index contributed by atoms with van der Waals surface area (Å²) in [5.74, 6) is 0.341. The average Bonchev–Trinajstić information content (AvgIpc) is 2.56. The monoisotopic (exact) mass is 334 g/mol. The molecule has 0 aromatic heterocycles. The summed E-state index contributed by atoms with van der Waals surface area (Å²) in [5.41, 5.74) is 7.01. The number of hydrogen-bond acceptors (Lipinski definition) is 3. The van der Waals surface area contributed by atoms with Gasteiger partial charge in [0.05, 0.1) is 6.61 Å². The third-order valence-corrected chi connectivity index (χ3v) is 4.02. The van der Waals surface area contributed by atoms with Crippen molar-refractivity contribution >= 4 is 17.7 Å². The fourth-order valence-corrected chi connectivity index (χ4v) is 2.66. The molecule has 0 heterocycles. The molecular formula is C19H30N2O3. The smallest absolute Gasteiger partial charge is 0.404 e. The third kappa shape index (κ3) is 7.99. The van der Waals surface area contributed by atoms with Gasteiger partial charge in [-0.05, 0) is 42.9 Å². The van der Waals surface area contributed by atoms with E-state index in [9.17, 15) is 9.59 Å². The Morgan fingerprint density at radius 2 is 1.92 bits per heavy atom. The molecule has 0 bridgehead atoms. The molecule has 0 fully saturated rings. The molecule has 5 nitrogen and oxygen atoms in total. The highest BCUT2D eigenvalue weighted by Gasteiger charge is 2.13. The normalized spacial score (nSPS) is 11.8. The van der Waals surface area contributed by atoms with Crippen molar-refractivity contribution in [3.63, 3.8) is 0 Å². The first-order chi connectivity index (χ1) is 11.6. The van der Waals surface area contributed by atoms with Gasteiger partial charge in [0, 0.05) is 12.1 Å². The van der Waals surface area contributed by atoms with Crippen molar-refractivity contribution in [1.29, 1.82) is 0 Å².